The van der Waals surface area contributed by atoms with Crippen LogP contribution in [0.5, 0.6) is 0 Å². The summed E-state index contributed by atoms with van der Waals surface area (Å²) in [7, 11) is 0. The van der Waals surface area contributed by atoms with Crippen molar-refractivity contribution in [2.75, 3.05) is 0 Å². The standard InChI is InChI=1S/C12H10F3NS/c13-12(14,15)9-4-1-3-8(7-9)11(16)10-5-2-6-17-10/h1-7,11H,16H2/t11-/m1/s1. The molecule has 0 bridgehead atoms. The molecule has 5 heteroatoms. The van der Waals surface area contributed by atoms with Crippen LogP contribution in [0.4, 0.5) is 13.2 Å². The van der Waals surface area contributed by atoms with Crippen LogP contribution in [-0.2, 0) is 6.18 Å². The summed E-state index contributed by atoms with van der Waals surface area (Å²) < 4.78 is 37.6. The largest absolute Gasteiger partial charge is 0.416 e. The van der Waals surface area contributed by atoms with Crippen LogP contribution in [0.1, 0.15) is 22.0 Å². The average molecular weight is 257 g/mol. The van der Waals surface area contributed by atoms with E-state index in [9.17, 15) is 13.2 Å². The summed E-state index contributed by atoms with van der Waals surface area (Å²) in [5.41, 5.74) is 5.73. The van der Waals surface area contributed by atoms with Gasteiger partial charge in [0.2, 0.25) is 0 Å². The molecule has 0 saturated heterocycles. The Hall–Kier alpha value is -1.33. The molecule has 0 radical (unpaired) electrons. The minimum Gasteiger partial charge on any atom is -0.320 e. The van der Waals surface area contributed by atoms with Crippen molar-refractivity contribution >= 4 is 11.3 Å². The minimum absolute atomic E-state index is 0.474. The van der Waals surface area contributed by atoms with Crippen molar-refractivity contribution in [1.82, 2.24) is 0 Å². The average Bonchev–Trinajstić information content (AvgIpc) is 2.80. The van der Waals surface area contributed by atoms with Crippen LogP contribution in [0.25, 0.3) is 0 Å². The molecule has 0 aliphatic carbocycles. The van der Waals surface area contributed by atoms with Crippen molar-refractivity contribution in [3.8, 4) is 0 Å². The Balaban J connectivity index is 2.34. The van der Waals surface area contributed by atoms with E-state index in [2.05, 4.69) is 0 Å². The number of halogens is 3. The number of thiophene rings is 1. The van der Waals surface area contributed by atoms with Gasteiger partial charge in [0.1, 0.15) is 0 Å². The number of hydrogen-bond donors (Lipinski definition) is 1. The number of hydrogen-bond acceptors (Lipinski definition) is 2. The lowest BCUT2D eigenvalue weighted by molar-refractivity contribution is -0.137. The van der Waals surface area contributed by atoms with Crippen LogP contribution in [0.3, 0.4) is 0 Å². The van der Waals surface area contributed by atoms with Gasteiger partial charge in [-0.25, -0.2) is 0 Å². The van der Waals surface area contributed by atoms with E-state index in [0.29, 0.717) is 5.56 Å². The molecule has 0 saturated carbocycles. The van der Waals surface area contributed by atoms with Gasteiger partial charge in [0.15, 0.2) is 0 Å². The fourth-order valence-corrected chi connectivity index (χ4v) is 2.30. The minimum atomic E-state index is -4.33. The summed E-state index contributed by atoms with van der Waals surface area (Å²) in [6, 6.07) is 8.28. The summed E-state index contributed by atoms with van der Waals surface area (Å²) in [5.74, 6) is 0. The predicted molar refractivity (Wildman–Crippen MR) is 61.8 cm³/mol. The fraction of sp³-hybridized carbons (Fsp3) is 0.167. The first-order valence-corrected chi connectivity index (χ1v) is 5.82. The molecule has 1 aromatic heterocycles. The third kappa shape index (κ3) is 2.68. The van der Waals surface area contributed by atoms with Gasteiger partial charge in [-0.3, -0.25) is 0 Å². The van der Waals surface area contributed by atoms with Crippen LogP contribution >= 0.6 is 11.3 Å². The second-order valence-corrected chi connectivity index (χ2v) is 4.60. The quantitative estimate of drug-likeness (QED) is 0.869. The topological polar surface area (TPSA) is 26.0 Å². The highest BCUT2D eigenvalue weighted by atomic mass is 32.1. The second kappa shape index (κ2) is 4.50. The molecular weight excluding hydrogens is 247 g/mol. The molecule has 2 N–H and O–H groups in total. The van der Waals surface area contributed by atoms with Crippen molar-refractivity contribution in [3.05, 3.63) is 57.8 Å². The van der Waals surface area contributed by atoms with E-state index in [-0.39, 0.29) is 0 Å². The van der Waals surface area contributed by atoms with Crippen LogP contribution in [0, 0.1) is 0 Å². The number of nitrogens with two attached hydrogens (primary N) is 1. The van der Waals surface area contributed by atoms with Crippen LogP contribution in [-0.4, -0.2) is 0 Å². The molecule has 1 aromatic carbocycles. The van der Waals surface area contributed by atoms with Gasteiger partial charge in [-0.05, 0) is 29.1 Å². The molecule has 0 aliphatic heterocycles. The van der Waals surface area contributed by atoms with Crippen molar-refractivity contribution in [1.29, 1.82) is 0 Å². The molecule has 1 nitrogen and oxygen atoms in total. The number of rotatable bonds is 2. The van der Waals surface area contributed by atoms with Crippen molar-refractivity contribution in [2.24, 2.45) is 5.73 Å². The molecule has 0 aliphatic rings. The lowest BCUT2D eigenvalue weighted by Crippen LogP contribution is -2.12. The Morgan fingerprint density at radius 2 is 1.88 bits per heavy atom. The van der Waals surface area contributed by atoms with Gasteiger partial charge in [0, 0.05) is 4.88 Å². The fourth-order valence-electron chi connectivity index (χ4n) is 1.54. The van der Waals surface area contributed by atoms with Crippen molar-refractivity contribution in [2.45, 2.75) is 12.2 Å². The van der Waals surface area contributed by atoms with E-state index in [0.717, 1.165) is 17.0 Å². The summed E-state index contributed by atoms with van der Waals surface area (Å²) >= 11 is 1.43. The maximum atomic E-state index is 12.5. The maximum Gasteiger partial charge on any atom is 0.416 e. The first-order chi connectivity index (χ1) is 7.98. The highest BCUT2D eigenvalue weighted by Crippen LogP contribution is 2.32. The molecule has 2 rings (SSSR count). The number of benzene rings is 1. The zero-order valence-corrected chi connectivity index (χ0v) is 9.55. The highest BCUT2D eigenvalue weighted by Gasteiger charge is 2.30. The molecule has 17 heavy (non-hydrogen) atoms. The Bertz CT molecular complexity index is 491. The Morgan fingerprint density at radius 1 is 1.12 bits per heavy atom. The summed E-state index contributed by atoms with van der Waals surface area (Å²) in [6.45, 7) is 0. The Kier molecular flexibility index (Phi) is 3.22. The molecule has 1 heterocycles. The van der Waals surface area contributed by atoms with E-state index in [1.807, 2.05) is 17.5 Å². The molecule has 0 amide bonds. The van der Waals surface area contributed by atoms with Crippen LogP contribution in [0.2, 0.25) is 0 Å². The van der Waals surface area contributed by atoms with E-state index < -0.39 is 17.8 Å². The lowest BCUT2D eigenvalue weighted by Gasteiger charge is -2.13. The normalized spacial score (nSPS) is 13.6. The first kappa shape index (κ1) is 12.1. The second-order valence-electron chi connectivity index (χ2n) is 3.62. The molecular formula is C12H10F3NS. The first-order valence-electron chi connectivity index (χ1n) is 4.94. The van der Waals surface area contributed by atoms with Crippen LogP contribution in [0.15, 0.2) is 41.8 Å². The molecule has 1 atom stereocenters. The third-order valence-electron chi connectivity index (χ3n) is 2.42. The molecule has 0 fully saturated rings. The SMILES string of the molecule is N[C@H](c1cccc(C(F)(F)F)c1)c1cccs1. The lowest BCUT2D eigenvalue weighted by atomic mass is 10.0. The van der Waals surface area contributed by atoms with Gasteiger partial charge in [0.05, 0.1) is 11.6 Å². The van der Waals surface area contributed by atoms with Gasteiger partial charge in [-0.2, -0.15) is 13.2 Å². The van der Waals surface area contributed by atoms with Gasteiger partial charge >= 0.3 is 6.18 Å². The Labute approximate surface area is 101 Å². The molecule has 0 unspecified atom stereocenters. The van der Waals surface area contributed by atoms with Crippen molar-refractivity contribution < 1.29 is 13.2 Å². The van der Waals surface area contributed by atoms with Gasteiger partial charge in [-0.1, -0.05) is 18.2 Å². The van der Waals surface area contributed by atoms with Gasteiger partial charge in [-0.15, -0.1) is 11.3 Å². The molecule has 90 valence electrons. The van der Waals surface area contributed by atoms with Crippen LogP contribution < -0.4 is 5.73 Å². The smallest absolute Gasteiger partial charge is 0.320 e. The summed E-state index contributed by atoms with van der Waals surface area (Å²) in [5, 5.41) is 1.85. The number of alkyl halides is 3. The monoisotopic (exact) mass is 257 g/mol. The molecule has 0 spiro atoms. The molecule has 2 aromatic rings. The third-order valence-corrected chi connectivity index (χ3v) is 3.38. The van der Waals surface area contributed by atoms with E-state index in [4.69, 9.17) is 5.73 Å². The van der Waals surface area contributed by atoms with Gasteiger partial charge in [0.25, 0.3) is 0 Å². The van der Waals surface area contributed by atoms with Gasteiger partial charge < -0.3 is 5.73 Å². The van der Waals surface area contributed by atoms with E-state index in [1.54, 1.807) is 6.07 Å². The van der Waals surface area contributed by atoms with Crippen molar-refractivity contribution in [3.63, 3.8) is 0 Å². The summed E-state index contributed by atoms with van der Waals surface area (Å²) in [6.07, 6.45) is -4.33. The van der Waals surface area contributed by atoms with E-state index >= 15 is 0 Å². The van der Waals surface area contributed by atoms with E-state index in [1.165, 1.54) is 17.4 Å². The zero-order chi connectivity index (χ0) is 12.5. The maximum absolute atomic E-state index is 12.5. The zero-order valence-electron chi connectivity index (χ0n) is 8.74. The Morgan fingerprint density at radius 3 is 2.47 bits per heavy atom. The highest BCUT2D eigenvalue weighted by molar-refractivity contribution is 7.10. The predicted octanol–water partition coefficient (Wildman–Crippen LogP) is 3.82. The summed E-state index contributed by atoms with van der Waals surface area (Å²) in [4.78, 5) is 0.851.